The fourth-order valence-corrected chi connectivity index (χ4v) is 0.306. The van der Waals surface area contributed by atoms with Gasteiger partial charge in [-0.3, -0.25) is 0 Å². The summed E-state index contributed by atoms with van der Waals surface area (Å²) in [5.74, 6) is -0.574. The van der Waals surface area contributed by atoms with Crippen LogP contribution in [0, 0.1) is 44.1 Å². The van der Waals surface area contributed by atoms with Crippen LogP contribution in [0.1, 0.15) is 13.8 Å². The van der Waals surface area contributed by atoms with E-state index in [1.807, 2.05) is 0 Å². The van der Waals surface area contributed by atoms with Crippen LogP contribution in [0.5, 0.6) is 0 Å². The van der Waals surface area contributed by atoms with Crippen molar-refractivity contribution in [2.24, 2.45) is 0 Å². The first kappa shape index (κ1) is 13.1. The first-order valence-electron chi connectivity index (χ1n) is 2.57. The third kappa shape index (κ3) is 4.30. The van der Waals surface area contributed by atoms with Gasteiger partial charge in [-0.05, 0) is 13.8 Å². The summed E-state index contributed by atoms with van der Waals surface area (Å²) in [7, 11) is 1.26. The average Bonchev–Trinajstić information content (AvgIpc) is 1.84. The molecule has 4 heteroatoms. The van der Waals surface area contributed by atoms with Gasteiger partial charge in [0, 0.05) is 44.1 Å². The fraction of sp³-hybridized carbons (Fsp3) is 0.500. The van der Waals surface area contributed by atoms with E-state index in [4.69, 9.17) is 5.73 Å². The Bertz CT molecular complexity index is 150. The molecule has 0 saturated carbocycles. The summed E-state index contributed by atoms with van der Waals surface area (Å²) in [6, 6.07) is 0. The third-order valence-electron chi connectivity index (χ3n) is 0.890. The molecule has 55 valence electrons. The zero-order valence-electron chi connectivity index (χ0n) is 6.39. The Morgan fingerprint density at radius 2 is 1.80 bits per heavy atom. The zero-order valence-corrected chi connectivity index (χ0v) is 11.1. The standard InChI is InChI=1S/C6H10NO2.Ac/c1-4(2)5(7)6(8)9-3;/h7H,1-3H3;/q-1;. The van der Waals surface area contributed by atoms with Crippen molar-refractivity contribution in [2.45, 2.75) is 13.8 Å². The fourth-order valence-electron chi connectivity index (χ4n) is 0.306. The number of carbonyl (C=O) groups is 1. The Labute approximate surface area is 96.5 Å². The van der Waals surface area contributed by atoms with E-state index in [-0.39, 0.29) is 49.8 Å². The van der Waals surface area contributed by atoms with Crippen LogP contribution in [-0.2, 0) is 9.53 Å². The molecule has 0 saturated heterocycles. The third-order valence-corrected chi connectivity index (χ3v) is 0.890. The summed E-state index contributed by atoms with van der Waals surface area (Å²) in [6.07, 6.45) is 0. The maximum absolute atomic E-state index is 10.5. The summed E-state index contributed by atoms with van der Waals surface area (Å²) in [5.41, 5.74) is 7.65. The Morgan fingerprint density at radius 1 is 1.40 bits per heavy atom. The van der Waals surface area contributed by atoms with E-state index < -0.39 is 5.97 Å². The van der Waals surface area contributed by atoms with Crippen molar-refractivity contribution >= 4 is 5.97 Å². The Kier molecular flexibility index (Phi) is 8.08. The van der Waals surface area contributed by atoms with Crippen molar-refractivity contribution in [3.05, 3.63) is 17.0 Å². The molecular weight excluding hydrogens is 345 g/mol. The minimum absolute atomic E-state index is 0. The van der Waals surface area contributed by atoms with Crippen LogP contribution in [0.2, 0.25) is 0 Å². The van der Waals surface area contributed by atoms with Crippen LogP contribution < -0.4 is 0 Å². The molecule has 0 aliphatic carbocycles. The Hall–Kier alpha value is 0.452. The Morgan fingerprint density at radius 3 is 1.90 bits per heavy atom. The average molecular weight is 355 g/mol. The van der Waals surface area contributed by atoms with Crippen molar-refractivity contribution in [1.29, 1.82) is 0 Å². The molecule has 0 fully saturated rings. The van der Waals surface area contributed by atoms with Crippen molar-refractivity contribution in [2.75, 3.05) is 7.11 Å². The number of ether oxygens (including phenoxy) is 1. The first-order valence-corrected chi connectivity index (χ1v) is 2.57. The molecule has 0 aliphatic rings. The van der Waals surface area contributed by atoms with E-state index in [9.17, 15) is 4.79 Å². The molecule has 0 bridgehead atoms. The van der Waals surface area contributed by atoms with Gasteiger partial charge in [0.05, 0.1) is 7.11 Å². The van der Waals surface area contributed by atoms with E-state index >= 15 is 0 Å². The van der Waals surface area contributed by atoms with Gasteiger partial charge in [0.1, 0.15) is 0 Å². The van der Waals surface area contributed by atoms with Crippen molar-refractivity contribution in [3.8, 4) is 0 Å². The molecule has 10 heavy (non-hydrogen) atoms. The molecule has 0 unspecified atom stereocenters. The molecule has 0 atom stereocenters. The van der Waals surface area contributed by atoms with E-state index in [0.29, 0.717) is 5.57 Å². The quantitative estimate of drug-likeness (QED) is 0.529. The molecule has 0 aromatic rings. The molecule has 1 radical (unpaired) electrons. The molecule has 0 heterocycles. The number of allylic oxidation sites excluding steroid dienone is 1. The molecule has 0 rings (SSSR count). The van der Waals surface area contributed by atoms with Gasteiger partial charge in [0.15, 0.2) is 0 Å². The van der Waals surface area contributed by atoms with Crippen LogP contribution in [0.15, 0.2) is 11.3 Å². The molecule has 1 N–H and O–H groups in total. The number of carbonyl (C=O) groups excluding carboxylic acids is 1. The van der Waals surface area contributed by atoms with Crippen molar-refractivity contribution < 1.29 is 53.6 Å². The first-order chi connectivity index (χ1) is 4.09. The maximum Gasteiger partial charge on any atom is 0.315 e. The number of nitrogens with one attached hydrogen (secondary N) is 1. The molecule has 0 aromatic heterocycles. The van der Waals surface area contributed by atoms with Crippen LogP contribution in [0.4, 0.5) is 0 Å². The van der Waals surface area contributed by atoms with Gasteiger partial charge in [0.25, 0.3) is 0 Å². The smallest absolute Gasteiger partial charge is 0.315 e. The second-order valence-electron chi connectivity index (χ2n) is 1.87. The van der Waals surface area contributed by atoms with Gasteiger partial charge in [-0.2, -0.15) is 0 Å². The van der Waals surface area contributed by atoms with Gasteiger partial charge >= 0.3 is 5.97 Å². The second kappa shape index (κ2) is 6.18. The maximum atomic E-state index is 10.5. The minimum atomic E-state index is -0.574. The second-order valence-corrected chi connectivity index (χ2v) is 1.87. The molecule has 3 nitrogen and oxygen atoms in total. The molecule has 0 aliphatic heterocycles. The number of hydrogen-bond donors (Lipinski definition) is 0. The van der Waals surface area contributed by atoms with Crippen molar-refractivity contribution in [1.82, 2.24) is 0 Å². The van der Waals surface area contributed by atoms with Gasteiger partial charge < -0.3 is 10.5 Å². The van der Waals surface area contributed by atoms with E-state index in [2.05, 4.69) is 4.74 Å². The van der Waals surface area contributed by atoms with Gasteiger partial charge in [0.2, 0.25) is 0 Å². The zero-order chi connectivity index (χ0) is 7.44. The predicted octanol–water partition coefficient (Wildman–Crippen LogP) is 1.51. The van der Waals surface area contributed by atoms with Gasteiger partial charge in [-0.15, -0.1) is 0 Å². The molecular formula is C6H10AcNO2-. The number of methoxy groups -OCH3 is 1. The molecule has 0 spiro atoms. The molecule has 0 amide bonds. The van der Waals surface area contributed by atoms with Gasteiger partial charge in [-0.25, -0.2) is 4.79 Å². The summed E-state index contributed by atoms with van der Waals surface area (Å²) >= 11 is 0. The van der Waals surface area contributed by atoms with E-state index in [1.54, 1.807) is 13.8 Å². The van der Waals surface area contributed by atoms with Crippen LogP contribution >= 0.6 is 0 Å². The molecule has 0 aromatic carbocycles. The number of rotatable bonds is 1. The number of esters is 1. The normalized spacial score (nSPS) is 7.50. The summed E-state index contributed by atoms with van der Waals surface area (Å²) in [4.78, 5) is 10.5. The number of hydrogen-bond acceptors (Lipinski definition) is 2. The van der Waals surface area contributed by atoms with Crippen LogP contribution in [-0.4, -0.2) is 13.1 Å². The monoisotopic (exact) mass is 355 g/mol. The van der Waals surface area contributed by atoms with Crippen LogP contribution in [0.25, 0.3) is 5.73 Å². The minimum Gasteiger partial charge on any atom is -0.693 e. The van der Waals surface area contributed by atoms with E-state index in [0.717, 1.165) is 0 Å². The summed E-state index contributed by atoms with van der Waals surface area (Å²) in [6.45, 7) is 3.39. The Balaban J connectivity index is 0. The van der Waals surface area contributed by atoms with Gasteiger partial charge in [-0.1, -0.05) is 11.3 Å². The summed E-state index contributed by atoms with van der Waals surface area (Å²) in [5, 5.41) is 0. The SMILES string of the molecule is COC(=O)C([NH-])=C(C)C.[Ac]. The summed E-state index contributed by atoms with van der Waals surface area (Å²) < 4.78 is 4.29. The largest absolute Gasteiger partial charge is 0.693 e. The topological polar surface area (TPSA) is 50.1 Å². The van der Waals surface area contributed by atoms with Crippen LogP contribution in [0.3, 0.4) is 0 Å². The predicted molar refractivity (Wildman–Crippen MR) is 34.7 cm³/mol. The van der Waals surface area contributed by atoms with E-state index in [1.165, 1.54) is 7.11 Å². The van der Waals surface area contributed by atoms with Crippen molar-refractivity contribution in [3.63, 3.8) is 0 Å².